The van der Waals surface area contributed by atoms with Crippen LogP contribution >= 0.6 is 11.8 Å². The highest BCUT2D eigenvalue weighted by atomic mass is 32.2. The molecule has 1 heterocycles. The van der Waals surface area contributed by atoms with Crippen LogP contribution in [0, 0.1) is 0 Å². The Morgan fingerprint density at radius 1 is 1.15 bits per heavy atom. The number of methoxy groups -OCH3 is 2. The van der Waals surface area contributed by atoms with Crippen LogP contribution in [0.25, 0.3) is 0 Å². The van der Waals surface area contributed by atoms with Gasteiger partial charge >= 0.3 is 0 Å². The highest BCUT2D eigenvalue weighted by Gasteiger charge is 2.36. The van der Waals surface area contributed by atoms with E-state index in [1.54, 1.807) is 43.0 Å². The zero-order chi connectivity index (χ0) is 18.7. The van der Waals surface area contributed by atoms with E-state index in [0.29, 0.717) is 22.9 Å². The highest BCUT2D eigenvalue weighted by molar-refractivity contribution is 8.00. The summed E-state index contributed by atoms with van der Waals surface area (Å²) in [6, 6.07) is 12.9. The molecular formula is C19H20N2O4S. The molecule has 2 aromatic carbocycles. The van der Waals surface area contributed by atoms with Crippen molar-refractivity contribution in [2.75, 3.05) is 30.2 Å². The number of rotatable bonds is 5. The molecule has 0 aliphatic carbocycles. The topological polar surface area (TPSA) is 67.9 Å². The second kappa shape index (κ2) is 7.70. The molecule has 1 aliphatic rings. The molecule has 136 valence electrons. The van der Waals surface area contributed by atoms with Crippen LogP contribution in [0.4, 0.5) is 11.4 Å². The van der Waals surface area contributed by atoms with Crippen LogP contribution in [0.5, 0.6) is 11.5 Å². The van der Waals surface area contributed by atoms with Crippen LogP contribution in [0.3, 0.4) is 0 Å². The third kappa shape index (κ3) is 3.48. The molecule has 0 aromatic heterocycles. The molecule has 2 aromatic rings. The van der Waals surface area contributed by atoms with Crippen molar-refractivity contribution in [2.24, 2.45) is 0 Å². The van der Waals surface area contributed by atoms with Gasteiger partial charge in [-0.1, -0.05) is 12.1 Å². The number of hydrogen-bond acceptors (Lipinski definition) is 5. The average molecular weight is 372 g/mol. The molecule has 1 fully saturated rings. The van der Waals surface area contributed by atoms with Crippen LogP contribution in [0.2, 0.25) is 0 Å². The number of thioether (sulfide) groups is 1. The first kappa shape index (κ1) is 18.1. The number of nitrogens with zero attached hydrogens (tertiary/aromatic N) is 1. The first-order chi connectivity index (χ1) is 12.5. The maximum atomic E-state index is 12.5. The Bertz CT molecular complexity index is 823. The number of benzene rings is 2. The monoisotopic (exact) mass is 372 g/mol. The normalized spacial score (nSPS) is 16.5. The third-order valence-electron chi connectivity index (χ3n) is 4.03. The van der Waals surface area contributed by atoms with Gasteiger partial charge < -0.3 is 14.8 Å². The summed E-state index contributed by atoms with van der Waals surface area (Å²) in [5.74, 6) is 1.54. The van der Waals surface area contributed by atoms with Gasteiger partial charge in [0.25, 0.3) is 0 Å². The molecule has 0 saturated carbocycles. The van der Waals surface area contributed by atoms with Gasteiger partial charge in [-0.2, -0.15) is 0 Å². The largest absolute Gasteiger partial charge is 0.493 e. The van der Waals surface area contributed by atoms with Gasteiger partial charge in [-0.15, -0.1) is 11.8 Å². The number of carbonyl (C=O) groups excluding carboxylic acids is 2. The van der Waals surface area contributed by atoms with Crippen molar-refractivity contribution in [1.29, 1.82) is 0 Å². The maximum Gasteiger partial charge on any atom is 0.238 e. The minimum absolute atomic E-state index is 0.0251. The third-order valence-corrected chi connectivity index (χ3v) is 5.23. The van der Waals surface area contributed by atoms with E-state index in [4.69, 9.17) is 9.47 Å². The summed E-state index contributed by atoms with van der Waals surface area (Å²) in [6.07, 6.45) is 0. The summed E-state index contributed by atoms with van der Waals surface area (Å²) < 4.78 is 10.9. The molecule has 7 heteroatoms. The Hall–Kier alpha value is -2.67. The molecule has 1 unspecified atom stereocenters. The Balaban J connectivity index is 1.96. The van der Waals surface area contributed by atoms with E-state index >= 15 is 0 Å². The van der Waals surface area contributed by atoms with Crippen LogP contribution < -0.4 is 19.7 Å². The van der Waals surface area contributed by atoms with Gasteiger partial charge in [0, 0.05) is 23.9 Å². The fourth-order valence-corrected chi connectivity index (χ4v) is 4.14. The summed E-state index contributed by atoms with van der Waals surface area (Å²) >= 11 is 1.54. The maximum absolute atomic E-state index is 12.5. The molecule has 1 saturated heterocycles. The predicted molar refractivity (Wildman–Crippen MR) is 103 cm³/mol. The Morgan fingerprint density at radius 3 is 2.50 bits per heavy atom. The van der Waals surface area contributed by atoms with Gasteiger partial charge in [-0.05, 0) is 30.3 Å². The summed E-state index contributed by atoms with van der Waals surface area (Å²) in [5, 5.41) is 2.52. The molecule has 1 atom stereocenters. The fourth-order valence-electron chi connectivity index (χ4n) is 2.95. The Labute approximate surface area is 156 Å². The summed E-state index contributed by atoms with van der Waals surface area (Å²) in [4.78, 5) is 25.5. The van der Waals surface area contributed by atoms with E-state index in [1.807, 2.05) is 30.3 Å². The summed E-state index contributed by atoms with van der Waals surface area (Å²) in [6.45, 7) is 1.46. The Morgan fingerprint density at radius 2 is 1.88 bits per heavy atom. The van der Waals surface area contributed by atoms with Gasteiger partial charge in [0.2, 0.25) is 11.8 Å². The van der Waals surface area contributed by atoms with E-state index < -0.39 is 0 Å². The molecular weight excluding hydrogens is 352 g/mol. The van der Waals surface area contributed by atoms with Crippen molar-refractivity contribution in [3.8, 4) is 11.5 Å². The lowest BCUT2D eigenvalue weighted by Gasteiger charge is -2.26. The fraction of sp³-hybridized carbons (Fsp3) is 0.263. The number of nitrogens with one attached hydrogen (secondary N) is 1. The van der Waals surface area contributed by atoms with Gasteiger partial charge in [0.15, 0.2) is 11.5 Å². The molecule has 0 radical (unpaired) electrons. The van der Waals surface area contributed by atoms with E-state index in [-0.39, 0.29) is 17.2 Å². The average Bonchev–Trinajstić information content (AvgIpc) is 3.02. The molecule has 2 amide bonds. The molecule has 26 heavy (non-hydrogen) atoms. The van der Waals surface area contributed by atoms with Gasteiger partial charge in [0.1, 0.15) is 5.37 Å². The number of anilines is 2. The van der Waals surface area contributed by atoms with Crippen molar-refractivity contribution in [1.82, 2.24) is 0 Å². The molecule has 3 rings (SSSR count). The molecule has 0 bridgehead atoms. The van der Waals surface area contributed by atoms with Crippen molar-refractivity contribution < 1.29 is 19.1 Å². The lowest BCUT2D eigenvalue weighted by Crippen LogP contribution is -2.28. The minimum atomic E-state index is -0.209. The number of hydrogen-bond donors (Lipinski definition) is 1. The van der Waals surface area contributed by atoms with Crippen molar-refractivity contribution in [3.05, 3.63) is 48.0 Å². The van der Waals surface area contributed by atoms with Crippen LogP contribution in [-0.4, -0.2) is 31.8 Å². The lowest BCUT2D eigenvalue weighted by atomic mass is 10.1. The number of amides is 2. The number of carbonyl (C=O) groups is 2. The van der Waals surface area contributed by atoms with Crippen molar-refractivity contribution in [3.63, 3.8) is 0 Å². The second-order valence-corrected chi connectivity index (χ2v) is 6.81. The zero-order valence-corrected chi connectivity index (χ0v) is 15.6. The standard InChI is InChI=1S/C19H20N2O4S/c1-12(22)20-13-7-9-14(10-8-13)21-17(23)11-26-19(21)15-5-4-6-16(24-2)18(15)25-3/h4-10,19H,11H2,1-3H3,(H,20,22). The number of para-hydroxylation sites is 1. The molecule has 1 N–H and O–H groups in total. The van der Waals surface area contributed by atoms with E-state index in [0.717, 1.165) is 11.3 Å². The predicted octanol–water partition coefficient (Wildman–Crippen LogP) is 3.44. The first-order valence-corrected chi connectivity index (χ1v) is 9.12. The van der Waals surface area contributed by atoms with Gasteiger partial charge in [0.05, 0.1) is 20.0 Å². The first-order valence-electron chi connectivity index (χ1n) is 8.07. The number of ether oxygens (including phenoxy) is 2. The zero-order valence-electron chi connectivity index (χ0n) is 14.8. The van der Waals surface area contributed by atoms with Gasteiger partial charge in [-0.25, -0.2) is 0 Å². The summed E-state index contributed by atoms with van der Waals surface area (Å²) in [7, 11) is 3.18. The summed E-state index contributed by atoms with van der Waals surface area (Å²) in [5.41, 5.74) is 2.34. The van der Waals surface area contributed by atoms with E-state index in [2.05, 4.69) is 5.32 Å². The van der Waals surface area contributed by atoms with Crippen LogP contribution in [0.1, 0.15) is 17.9 Å². The molecule has 0 spiro atoms. The highest BCUT2D eigenvalue weighted by Crippen LogP contribution is 2.47. The van der Waals surface area contributed by atoms with Crippen LogP contribution in [0.15, 0.2) is 42.5 Å². The van der Waals surface area contributed by atoms with Crippen molar-refractivity contribution >= 4 is 35.0 Å². The van der Waals surface area contributed by atoms with Crippen molar-refractivity contribution in [2.45, 2.75) is 12.3 Å². The minimum Gasteiger partial charge on any atom is -0.493 e. The lowest BCUT2D eigenvalue weighted by molar-refractivity contribution is -0.116. The Kier molecular flexibility index (Phi) is 5.37. The second-order valence-electron chi connectivity index (χ2n) is 5.74. The smallest absolute Gasteiger partial charge is 0.238 e. The molecule has 1 aliphatic heterocycles. The SMILES string of the molecule is COc1cccc(C2SCC(=O)N2c2ccc(NC(C)=O)cc2)c1OC. The van der Waals surface area contributed by atoms with E-state index in [1.165, 1.54) is 6.92 Å². The van der Waals surface area contributed by atoms with Gasteiger partial charge in [-0.3, -0.25) is 14.5 Å². The quantitative estimate of drug-likeness (QED) is 0.871. The van der Waals surface area contributed by atoms with E-state index in [9.17, 15) is 9.59 Å². The van der Waals surface area contributed by atoms with Crippen LogP contribution in [-0.2, 0) is 9.59 Å². The molecule has 6 nitrogen and oxygen atoms in total.